The lowest BCUT2D eigenvalue weighted by Crippen LogP contribution is -2.09. The second kappa shape index (κ2) is 4.03. The predicted octanol–water partition coefficient (Wildman–Crippen LogP) is 2.99. The molecule has 0 amide bonds. The number of nitrogens with two attached hydrogens (primary N) is 1. The second-order valence-corrected chi connectivity index (χ2v) is 6.74. The Kier molecular flexibility index (Phi) is 2.42. The first-order chi connectivity index (χ1) is 9.20. The number of rotatable bonds is 2. The van der Waals surface area contributed by atoms with Gasteiger partial charge in [0.15, 0.2) is 11.0 Å². The maximum Gasteiger partial charge on any atom is 0.270 e. The largest absolute Gasteiger partial charge is 0.375 e. The average Bonchev–Trinajstić information content (AvgIpc) is 3.11. The summed E-state index contributed by atoms with van der Waals surface area (Å²) in [6, 6.07) is 0. The molecule has 100 valence electrons. The molecule has 0 radical (unpaired) electrons. The highest BCUT2D eigenvalue weighted by molar-refractivity contribution is 7.18. The lowest BCUT2D eigenvalue weighted by Gasteiger charge is -2.17. The third-order valence-electron chi connectivity index (χ3n) is 4.52. The van der Waals surface area contributed by atoms with E-state index in [4.69, 9.17) is 10.3 Å². The molecule has 2 aromatic rings. The lowest BCUT2D eigenvalue weighted by molar-refractivity contribution is 0.372. The first-order valence-corrected chi connectivity index (χ1v) is 7.59. The van der Waals surface area contributed by atoms with Crippen molar-refractivity contribution in [3.8, 4) is 10.8 Å². The number of hydrogen-bond acceptors (Lipinski definition) is 6. The Labute approximate surface area is 115 Å². The smallest absolute Gasteiger partial charge is 0.270 e. The van der Waals surface area contributed by atoms with E-state index in [0.29, 0.717) is 16.9 Å². The minimum Gasteiger partial charge on any atom is -0.375 e. The zero-order valence-corrected chi connectivity index (χ0v) is 11.6. The van der Waals surface area contributed by atoms with Gasteiger partial charge >= 0.3 is 0 Å². The van der Waals surface area contributed by atoms with Crippen molar-refractivity contribution < 1.29 is 4.52 Å². The van der Waals surface area contributed by atoms with E-state index < -0.39 is 0 Å². The van der Waals surface area contributed by atoms with Crippen LogP contribution in [0.2, 0.25) is 0 Å². The van der Waals surface area contributed by atoms with E-state index in [1.807, 2.05) is 6.92 Å². The number of anilines is 1. The first-order valence-electron chi connectivity index (χ1n) is 6.77. The Bertz CT molecular complexity index is 620. The second-order valence-electron chi connectivity index (χ2n) is 5.71. The fourth-order valence-electron chi connectivity index (χ4n) is 3.65. The van der Waals surface area contributed by atoms with Gasteiger partial charge in [0, 0.05) is 5.92 Å². The van der Waals surface area contributed by atoms with Crippen LogP contribution in [-0.2, 0) is 0 Å². The molecule has 2 saturated carbocycles. The topological polar surface area (TPSA) is 77.8 Å². The van der Waals surface area contributed by atoms with Crippen LogP contribution in [0.25, 0.3) is 10.8 Å². The van der Waals surface area contributed by atoms with E-state index in [9.17, 15) is 0 Å². The SMILES string of the molecule is Cc1nc(N)sc1-c1nc(C2CC3CCC2C3)no1. The molecule has 2 fully saturated rings. The van der Waals surface area contributed by atoms with Gasteiger partial charge in [-0.25, -0.2) is 4.98 Å². The van der Waals surface area contributed by atoms with Crippen LogP contribution in [0, 0.1) is 18.8 Å². The third kappa shape index (κ3) is 1.77. The maximum absolute atomic E-state index is 5.71. The molecule has 2 aliphatic rings. The van der Waals surface area contributed by atoms with Gasteiger partial charge in [-0.2, -0.15) is 4.98 Å². The Morgan fingerprint density at radius 2 is 2.16 bits per heavy atom. The van der Waals surface area contributed by atoms with Crippen molar-refractivity contribution in [3.05, 3.63) is 11.5 Å². The van der Waals surface area contributed by atoms with Gasteiger partial charge in [-0.05, 0) is 38.0 Å². The fraction of sp³-hybridized carbons (Fsp3) is 0.615. The van der Waals surface area contributed by atoms with Crippen molar-refractivity contribution in [2.75, 3.05) is 5.73 Å². The normalized spacial score (nSPS) is 29.2. The van der Waals surface area contributed by atoms with Crippen LogP contribution in [0.4, 0.5) is 5.13 Å². The van der Waals surface area contributed by atoms with Crippen molar-refractivity contribution in [1.29, 1.82) is 0 Å². The molecule has 2 aromatic heterocycles. The van der Waals surface area contributed by atoms with Crippen LogP contribution in [-0.4, -0.2) is 15.1 Å². The van der Waals surface area contributed by atoms with Gasteiger partial charge < -0.3 is 10.3 Å². The monoisotopic (exact) mass is 276 g/mol. The summed E-state index contributed by atoms with van der Waals surface area (Å²) in [4.78, 5) is 9.70. The molecule has 3 atom stereocenters. The highest BCUT2D eigenvalue weighted by atomic mass is 32.1. The summed E-state index contributed by atoms with van der Waals surface area (Å²) in [7, 11) is 0. The van der Waals surface area contributed by atoms with Gasteiger partial charge in [-0.3, -0.25) is 0 Å². The molecule has 2 bridgehead atoms. The van der Waals surface area contributed by atoms with Gasteiger partial charge in [0.2, 0.25) is 0 Å². The maximum atomic E-state index is 5.71. The van der Waals surface area contributed by atoms with Gasteiger partial charge in [0.05, 0.1) is 5.69 Å². The molecule has 2 N–H and O–H groups in total. The Morgan fingerprint density at radius 1 is 1.26 bits per heavy atom. The molecule has 4 rings (SSSR count). The molecule has 6 heteroatoms. The van der Waals surface area contributed by atoms with Crippen molar-refractivity contribution >= 4 is 16.5 Å². The van der Waals surface area contributed by atoms with Gasteiger partial charge in [0.25, 0.3) is 5.89 Å². The highest BCUT2D eigenvalue weighted by Gasteiger charge is 2.42. The minimum absolute atomic E-state index is 0.502. The van der Waals surface area contributed by atoms with E-state index in [2.05, 4.69) is 15.1 Å². The number of aromatic nitrogens is 3. The Balaban J connectivity index is 1.65. The van der Waals surface area contributed by atoms with Gasteiger partial charge in [-0.15, -0.1) is 0 Å². The van der Waals surface area contributed by atoms with Crippen LogP contribution in [0.1, 0.15) is 43.1 Å². The van der Waals surface area contributed by atoms with E-state index in [1.54, 1.807) is 0 Å². The van der Waals surface area contributed by atoms with Crippen LogP contribution in [0.15, 0.2) is 4.52 Å². The molecule has 2 aliphatic carbocycles. The quantitative estimate of drug-likeness (QED) is 0.912. The molecule has 2 heterocycles. The van der Waals surface area contributed by atoms with Crippen molar-refractivity contribution in [3.63, 3.8) is 0 Å². The van der Waals surface area contributed by atoms with Crippen molar-refractivity contribution in [2.45, 2.75) is 38.5 Å². The summed E-state index contributed by atoms with van der Waals surface area (Å²) in [6.45, 7) is 1.92. The molecular formula is C13H16N4OS. The summed E-state index contributed by atoms with van der Waals surface area (Å²) in [5, 5.41) is 4.74. The minimum atomic E-state index is 0.502. The van der Waals surface area contributed by atoms with E-state index >= 15 is 0 Å². The van der Waals surface area contributed by atoms with Crippen molar-refractivity contribution in [2.24, 2.45) is 11.8 Å². The number of fused-ring (bicyclic) bond motifs is 2. The first kappa shape index (κ1) is 11.4. The Morgan fingerprint density at radius 3 is 2.79 bits per heavy atom. The van der Waals surface area contributed by atoms with Crippen LogP contribution < -0.4 is 5.73 Å². The van der Waals surface area contributed by atoms with Crippen molar-refractivity contribution in [1.82, 2.24) is 15.1 Å². The predicted molar refractivity (Wildman–Crippen MR) is 72.7 cm³/mol. The zero-order chi connectivity index (χ0) is 13.0. The molecule has 0 spiro atoms. The summed E-state index contributed by atoms with van der Waals surface area (Å²) >= 11 is 1.41. The molecular weight excluding hydrogens is 260 g/mol. The Hall–Kier alpha value is -1.43. The van der Waals surface area contributed by atoms with Crippen LogP contribution in [0.5, 0.6) is 0 Å². The summed E-state index contributed by atoms with van der Waals surface area (Å²) in [5.41, 5.74) is 6.58. The fourth-order valence-corrected chi connectivity index (χ4v) is 4.41. The molecule has 19 heavy (non-hydrogen) atoms. The summed E-state index contributed by atoms with van der Waals surface area (Å²) < 4.78 is 5.42. The molecule has 0 aromatic carbocycles. The number of nitrogen functional groups attached to an aromatic ring is 1. The summed E-state index contributed by atoms with van der Waals surface area (Å²) in [6.07, 6.45) is 5.29. The van der Waals surface area contributed by atoms with E-state index in [1.165, 1.54) is 37.0 Å². The molecule has 5 nitrogen and oxygen atoms in total. The third-order valence-corrected chi connectivity index (χ3v) is 5.49. The number of thiazole rings is 1. The average molecular weight is 276 g/mol. The number of nitrogens with zero attached hydrogens (tertiary/aromatic N) is 3. The van der Waals surface area contributed by atoms with Gasteiger partial charge in [0.1, 0.15) is 4.88 Å². The standard InChI is InChI=1S/C13H16N4OS/c1-6-10(19-13(14)15-6)12-16-11(17-18-12)9-5-7-2-3-8(9)4-7/h7-9H,2-5H2,1H3,(H2,14,15). The number of aryl methyl sites for hydroxylation is 1. The highest BCUT2D eigenvalue weighted by Crippen LogP contribution is 2.52. The van der Waals surface area contributed by atoms with Crippen LogP contribution >= 0.6 is 11.3 Å². The lowest BCUT2D eigenvalue weighted by atomic mass is 9.88. The van der Waals surface area contributed by atoms with Gasteiger partial charge in [-0.1, -0.05) is 22.9 Å². The van der Waals surface area contributed by atoms with E-state index in [0.717, 1.165) is 28.2 Å². The van der Waals surface area contributed by atoms with Crippen LogP contribution in [0.3, 0.4) is 0 Å². The molecule has 0 aliphatic heterocycles. The molecule has 0 saturated heterocycles. The zero-order valence-electron chi connectivity index (χ0n) is 10.8. The molecule has 3 unspecified atom stereocenters. The van der Waals surface area contributed by atoms with E-state index in [-0.39, 0.29) is 0 Å². The summed E-state index contributed by atoms with van der Waals surface area (Å²) in [5.74, 6) is 3.61. The number of hydrogen-bond donors (Lipinski definition) is 1.